The first-order valence-electron chi connectivity index (χ1n) is 7.22. The van der Waals surface area contributed by atoms with Crippen molar-refractivity contribution in [3.63, 3.8) is 0 Å². The molecule has 0 amide bonds. The van der Waals surface area contributed by atoms with Gasteiger partial charge >= 0.3 is 0 Å². The molecule has 0 bridgehead atoms. The van der Waals surface area contributed by atoms with E-state index in [1.165, 1.54) is 0 Å². The number of nitrogens with zero attached hydrogens (tertiary/aromatic N) is 2. The summed E-state index contributed by atoms with van der Waals surface area (Å²) in [6, 6.07) is 2.01. The van der Waals surface area contributed by atoms with E-state index in [1.807, 2.05) is 0 Å². The summed E-state index contributed by atoms with van der Waals surface area (Å²) in [7, 11) is 2.05. The third kappa shape index (κ3) is 3.56. The molecule has 2 N–H and O–H groups in total. The Morgan fingerprint density at radius 1 is 1.24 bits per heavy atom. The normalized spacial score (nSPS) is 23.0. The van der Waals surface area contributed by atoms with Crippen LogP contribution in [0.2, 0.25) is 0 Å². The summed E-state index contributed by atoms with van der Waals surface area (Å²) in [5.74, 6) is -3.76. The van der Waals surface area contributed by atoms with Crippen molar-refractivity contribution in [2.24, 2.45) is 5.73 Å². The molecule has 1 heterocycles. The Bertz CT molecular complexity index is 472. The lowest BCUT2D eigenvalue weighted by Crippen LogP contribution is -2.43. The van der Waals surface area contributed by atoms with Crippen molar-refractivity contribution < 1.29 is 13.2 Å². The summed E-state index contributed by atoms with van der Waals surface area (Å²) < 4.78 is 40.0. The fourth-order valence-electron chi connectivity index (χ4n) is 3.08. The lowest BCUT2D eigenvalue weighted by molar-refractivity contribution is 0.145. The molecule has 3 nitrogen and oxygen atoms in total. The monoisotopic (exact) mass is 301 g/mol. The zero-order valence-corrected chi connectivity index (χ0v) is 12.5. The third-order valence-corrected chi connectivity index (χ3v) is 4.11. The number of halogens is 3. The first kappa shape index (κ1) is 16.3. The summed E-state index contributed by atoms with van der Waals surface area (Å²) in [5.41, 5.74) is 6.22. The fourth-order valence-corrected chi connectivity index (χ4v) is 3.08. The van der Waals surface area contributed by atoms with E-state index in [9.17, 15) is 13.2 Å². The zero-order chi connectivity index (χ0) is 15.6. The fraction of sp³-hybridized carbons (Fsp3) is 0.600. The maximum absolute atomic E-state index is 13.5. The number of hydrogen-bond acceptors (Lipinski definition) is 3. The maximum Gasteiger partial charge on any atom is 0.194 e. The van der Waals surface area contributed by atoms with E-state index in [0.717, 1.165) is 38.2 Å². The van der Waals surface area contributed by atoms with Gasteiger partial charge in [-0.1, -0.05) is 0 Å². The molecular formula is C15H22F3N3. The van der Waals surface area contributed by atoms with E-state index in [1.54, 1.807) is 0 Å². The van der Waals surface area contributed by atoms with Crippen LogP contribution in [0.3, 0.4) is 0 Å². The minimum absolute atomic E-state index is 0.210. The van der Waals surface area contributed by atoms with Gasteiger partial charge in [-0.15, -0.1) is 0 Å². The van der Waals surface area contributed by atoms with Crippen molar-refractivity contribution in [1.29, 1.82) is 0 Å². The van der Waals surface area contributed by atoms with Crippen LogP contribution in [0.5, 0.6) is 0 Å². The van der Waals surface area contributed by atoms with Gasteiger partial charge in [-0.2, -0.15) is 0 Å². The van der Waals surface area contributed by atoms with Gasteiger partial charge in [-0.25, -0.2) is 13.2 Å². The quantitative estimate of drug-likeness (QED) is 0.868. The van der Waals surface area contributed by atoms with Gasteiger partial charge in [0.05, 0.1) is 0 Å². The maximum atomic E-state index is 13.5. The van der Waals surface area contributed by atoms with E-state index < -0.39 is 17.5 Å². The second kappa shape index (κ2) is 6.77. The molecule has 0 spiro atoms. The van der Waals surface area contributed by atoms with Crippen LogP contribution in [0.4, 0.5) is 13.2 Å². The number of benzene rings is 1. The molecule has 0 radical (unpaired) electrons. The van der Waals surface area contributed by atoms with Crippen LogP contribution in [0.1, 0.15) is 24.9 Å². The van der Waals surface area contributed by atoms with Gasteiger partial charge in [0.15, 0.2) is 17.5 Å². The van der Waals surface area contributed by atoms with Crippen molar-refractivity contribution >= 4 is 0 Å². The van der Waals surface area contributed by atoms with Gasteiger partial charge in [0, 0.05) is 31.7 Å². The molecule has 1 aromatic carbocycles. The van der Waals surface area contributed by atoms with E-state index >= 15 is 0 Å². The van der Waals surface area contributed by atoms with Crippen LogP contribution in [0.15, 0.2) is 12.1 Å². The van der Waals surface area contributed by atoms with Gasteiger partial charge in [0.1, 0.15) is 0 Å². The smallest absolute Gasteiger partial charge is 0.194 e. The SMILES string of the molecule is CC1CN(C)CCCN1C(CN)c1cc(F)c(F)c(F)c1. The van der Waals surface area contributed by atoms with Crippen LogP contribution >= 0.6 is 0 Å². The molecule has 2 rings (SSSR count). The van der Waals surface area contributed by atoms with Crippen molar-refractivity contribution in [3.05, 3.63) is 35.1 Å². The highest BCUT2D eigenvalue weighted by atomic mass is 19.2. The zero-order valence-electron chi connectivity index (χ0n) is 12.5. The van der Waals surface area contributed by atoms with Gasteiger partial charge in [0.25, 0.3) is 0 Å². The second-order valence-corrected chi connectivity index (χ2v) is 5.75. The van der Waals surface area contributed by atoms with Gasteiger partial charge in [-0.3, -0.25) is 4.90 Å². The Kier molecular flexibility index (Phi) is 5.24. The molecule has 6 heteroatoms. The van der Waals surface area contributed by atoms with Crippen LogP contribution in [-0.4, -0.2) is 49.1 Å². The molecule has 0 saturated carbocycles. The molecule has 0 aliphatic carbocycles. The highest BCUT2D eigenvalue weighted by molar-refractivity contribution is 5.23. The Morgan fingerprint density at radius 3 is 2.43 bits per heavy atom. The highest BCUT2D eigenvalue weighted by Gasteiger charge is 2.28. The number of rotatable bonds is 3. The topological polar surface area (TPSA) is 32.5 Å². The average Bonchev–Trinajstić information content (AvgIpc) is 2.58. The second-order valence-electron chi connectivity index (χ2n) is 5.75. The first-order valence-corrected chi connectivity index (χ1v) is 7.22. The molecule has 1 saturated heterocycles. The minimum Gasteiger partial charge on any atom is -0.329 e. The molecule has 1 fully saturated rings. The van der Waals surface area contributed by atoms with Crippen LogP contribution in [0.25, 0.3) is 0 Å². The van der Waals surface area contributed by atoms with E-state index in [-0.39, 0.29) is 18.6 Å². The molecular weight excluding hydrogens is 279 g/mol. The summed E-state index contributed by atoms with van der Waals surface area (Å²) >= 11 is 0. The lowest BCUT2D eigenvalue weighted by Gasteiger charge is -2.35. The molecule has 1 aromatic rings. The first-order chi connectivity index (χ1) is 9.93. The highest BCUT2D eigenvalue weighted by Crippen LogP contribution is 2.26. The van der Waals surface area contributed by atoms with Crippen LogP contribution < -0.4 is 5.73 Å². The molecule has 1 aliphatic rings. The van der Waals surface area contributed by atoms with E-state index in [4.69, 9.17) is 5.73 Å². The van der Waals surface area contributed by atoms with Gasteiger partial charge in [-0.05, 0) is 44.6 Å². The Labute approximate surface area is 123 Å². The van der Waals surface area contributed by atoms with Gasteiger partial charge in [0.2, 0.25) is 0 Å². The van der Waals surface area contributed by atoms with Crippen molar-refractivity contribution in [2.75, 3.05) is 33.2 Å². The average molecular weight is 301 g/mol. The molecule has 0 aromatic heterocycles. The minimum atomic E-state index is -1.43. The number of likely N-dealkylation sites (N-methyl/N-ethyl adjacent to an activating group) is 1. The number of hydrogen-bond donors (Lipinski definition) is 1. The molecule has 21 heavy (non-hydrogen) atoms. The van der Waals surface area contributed by atoms with Crippen LogP contribution in [0, 0.1) is 17.5 Å². The Morgan fingerprint density at radius 2 is 1.86 bits per heavy atom. The summed E-state index contributed by atoms with van der Waals surface area (Å²) in [6.45, 7) is 4.94. The van der Waals surface area contributed by atoms with Crippen molar-refractivity contribution in [2.45, 2.75) is 25.4 Å². The Hall–Kier alpha value is -1.11. The molecule has 2 unspecified atom stereocenters. The molecule has 2 atom stereocenters. The van der Waals surface area contributed by atoms with E-state index in [0.29, 0.717) is 5.56 Å². The third-order valence-electron chi connectivity index (χ3n) is 4.11. The standard InChI is InChI=1S/C15H22F3N3/c1-10-9-20(2)4-3-5-21(10)14(8-19)11-6-12(16)15(18)13(17)7-11/h6-7,10,14H,3-5,8-9,19H2,1-2H3. The Balaban J connectivity index is 2.30. The predicted molar refractivity (Wildman–Crippen MR) is 76.4 cm³/mol. The summed E-state index contributed by atoms with van der Waals surface area (Å²) in [5, 5.41) is 0. The lowest BCUT2D eigenvalue weighted by atomic mass is 10.0. The van der Waals surface area contributed by atoms with E-state index in [2.05, 4.69) is 23.8 Å². The summed E-state index contributed by atoms with van der Waals surface area (Å²) in [6.07, 6.45) is 0.962. The molecule has 118 valence electrons. The predicted octanol–water partition coefficient (Wildman–Crippen LogP) is 2.13. The van der Waals surface area contributed by atoms with Crippen molar-refractivity contribution in [3.8, 4) is 0 Å². The van der Waals surface area contributed by atoms with Crippen molar-refractivity contribution in [1.82, 2.24) is 9.80 Å². The number of nitrogens with two attached hydrogens (primary N) is 1. The van der Waals surface area contributed by atoms with Crippen LogP contribution in [-0.2, 0) is 0 Å². The largest absolute Gasteiger partial charge is 0.329 e. The molecule has 1 aliphatic heterocycles. The van der Waals surface area contributed by atoms with Gasteiger partial charge < -0.3 is 10.6 Å². The summed E-state index contributed by atoms with van der Waals surface area (Å²) in [4.78, 5) is 4.37.